The van der Waals surface area contributed by atoms with Gasteiger partial charge in [-0.3, -0.25) is 9.59 Å². The number of nitrogens with one attached hydrogen (secondary N) is 2. The number of H-pyrrole nitrogens is 1. The lowest BCUT2D eigenvalue weighted by Gasteiger charge is -2.14. The molecule has 35 heavy (non-hydrogen) atoms. The van der Waals surface area contributed by atoms with E-state index in [0.29, 0.717) is 38.4 Å². The molecule has 0 unspecified atom stereocenters. The van der Waals surface area contributed by atoms with Crippen LogP contribution in [0.25, 0.3) is 22.0 Å². The van der Waals surface area contributed by atoms with Crippen LogP contribution in [0.5, 0.6) is 0 Å². The maximum Gasteiger partial charge on any atom is 0.272 e. The summed E-state index contributed by atoms with van der Waals surface area (Å²) in [5.41, 5.74) is 4.08. The Bertz CT molecular complexity index is 1630. The van der Waals surface area contributed by atoms with E-state index in [9.17, 15) is 9.59 Å². The quantitative estimate of drug-likeness (QED) is 0.237. The van der Waals surface area contributed by atoms with Gasteiger partial charge in [0.15, 0.2) is 5.13 Å². The Hall–Kier alpha value is -3.39. The minimum absolute atomic E-state index is 0.136. The molecule has 0 radical (unpaired) electrons. The number of pyridine rings is 1. The molecule has 8 heteroatoms. The molecule has 0 aliphatic rings. The molecule has 5 aromatic rings. The first-order chi connectivity index (χ1) is 17.0. The predicted molar refractivity (Wildman–Crippen MR) is 147 cm³/mol. The molecule has 0 atom stereocenters. The van der Waals surface area contributed by atoms with E-state index in [1.807, 2.05) is 43.3 Å². The molecule has 0 aliphatic carbocycles. The predicted octanol–water partition coefficient (Wildman–Crippen LogP) is 7.01. The zero-order chi connectivity index (χ0) is 24.4. The first-order valence-corrected chi connectivity index (χ1v) is 13.0. The highest BCUT2D eigenvalue weighted by Crippen LogP contribution is 2.35. The third-order valence-electron chi connectivity index (χ3n) is 5.41. The number of aromatic nitrogens is 2. The zero-order valence-corrected chi connectivity index (χ0v) is 21.1. The van der Waals surface area contributed by atoms with Gasteiger partial charge in [-0.1, -0.05) is 71.0 Å². The van der Waals surface area contributed by atoms with E-state index in [2.05, 4.69) is 39.6 Å². The van der Waals surface area contributed by atoms with Crippen LogP contribution in [-0.2, 0) is 5.75 Å². The first kappa shape index (κ1) is 23.4. The Balaban J connectivity index is 1.55. The van der Waals surface area contributed by atoms with E-state index in [-0.39, 0.29) is 10.3 Å². The molecule has 0 spiro atoms. The number of aryl methyl sites for hydroxylation is 1. The number of benzene rings is 3. The largest absolute Gasteiger partial charge is 0.326 e. The fourth-order valence-corrected chi connectivity index (χ4v) is 5.43. The third-order valence-corrected chi connectivity index (χ3v) is 7.39. The van der Waals surface area contributed by atoms with E-state index in [0.717, 1.165) is 27.2 Å². The van der Waals surface area contributed by atoms with Gasteiger partial charge in [0.05, 0.1) is 5.69 Å². The number of aromatic amines is 1. The highest BCUT2D eigenvalue weighted by Gasteiger charge is 2.17. The maximum absolute atomic E-state index is 13.2. The second-order valence-electron chi connectivity index (χ2n) is 7.96. The van der Waals surface area contributed by atoms with E-state index in [1.165, 1.54) is 5.56 Å². The van der Waals surface area contributed by atoms with Crippen molar-refractivity contribution in [2.24, 2.45) is 0 Å². The number of hydrogen-bond acceptors (Lipinski definition) is 6. The summed E-state index contributed by atoms with van der Waals surface area (Å²) in [6.45, 7) is 2.04. The topological polar surface area (TPSA) is 74.8 Å². The van der Waals surface area contributed by atoms with Crippen molar-refractivity contribution in [3.8, 4) is 11.1 Å². The summed E-state index contributed by atoms with van der Waals surface area (Å²) in [6.07, 6.45) is 0. The lowest BCUT2D eigenvalue weighted by molar-refractivity contribution is 1.19. The van der Waals surface area contributed by atoms with Crippen molar-refractivity contribution in [1.29, 1.82) is 0 Å². The van der Waals surface area contributed by atoms with Gasteiger partial charge < -0.3 is 10.3 Å². The summed E-state index contributed by atoms with van der Waals surface area (Å²) in [5, 5.41) is 4.87. The van der Waals surface area contributed by atoms with Gasteiger partial charge in [-0.05, 0) is 42.8 Å². The molecular weight excluding hydrogens is 498 g/mol. The molecule has 2 aromatic heterocycles. The Morgan fingerprint density at radius 3 is 2.54 bits per heavy atom. The molecule has 0 fully saturated rings. The molecule has 5 rings (SSSR count). The van der Waals surface area contributed by atoms with Crippen molar-refractivity contribution in [1.82, 2.24) is 9.97 Å². The summed E-state index contributed by atoms with van der Waals surface area (Å²) in [4.78, 5) is 34.3. The summed E-state index contributed by atoms with van der Waals surface area (Å²) in [6, 6.07) is 24.7. The van der Waals surface area contributed by atoms with Gasteiger partial charge in [-0.2, -0.15) is 0 Å². The second-order valence-corrected chi connectivity index (χ2v) is 10.4. The van der Waals surface area contributed by atoms with Crippen LogP contribution in [0.4, 0.5) is 10.8 Å². The fraction of sp³-hybridized carbons (Fsp3) is 0.0741. The van der Waals surface area contributed by atoms with Crippen LogP contribution < -0.4 is 15.6 Å². The summed E-state index contributed by atoms with van der Waals surface area (Å²) >= 11 is 8.87. The van der Waals surface area contributed by atoms with Gasteiger partial charge in [0.25, 0.3) is 5.56 Å². The highest BCUT2D eigenvalue weighted by atomic mass is 35.5. The molecule has 174 valence electrons. The number of halogens is 1. The normalized spacial score (nSPS) is 11.0. The van der Waals surface area contributed by atoms with Gasteiger partial charge in [0.1, 0.15) is 5.69 Å². The molecule has 2 heterocycles. The van der Waals surface area contributed by atoms with Crippen LogP contribution in [0.1, 0.15) is 11.3 Å². The van der Waals surface area contributed by atoms with Crippen LogP contribution in [0, 0.1) is 6.92 Å². The van der Waals surface area contributed by atoms with Gasteiger partial charge in [-0.25, -0.2) is 4.98 Å². The van der Waals surface area contributed by atoms with Crippen LogP contribution in [-0.4, -0.2) is 9.97 Å². The molecule has 0 amide bonds. The molecule has 3 aromatic carbocycles. The molecule has 0 saturated heterocycles. The fourth-order valence-electron chi connectivity index (χ4n) is 3.76. The minimum Gasteiger partial charge on any atom is -0.326 e. The number of rotatable bonds is 6. The first-order valence-electron chi connectivity index (χ1n) is 10.8. The Labute approximate surface area is 214 Å². The molecule has 0 saturated carbocycles. The second kappa shape index (κ2) is 10.1. The molecule has 2 N–H and O–H groups in total. The Kier molecular flexibility index (Phi) is 6.72. The van der Waals surface area contributed by atoms with Crippen molar-refractivity contribution in [2.75, 3.05) is 5.32 Å². The minimum atomic E-state index is -0.306. The standard InChI is InChI=1S/C27H20ClN3O2S2/c1-16-7-10-20(11-8-16)34-15-19-14-23(32)35-27(29-19)31-25-24(17-5-3-2-4-6-17)21-13-18(28)9-12-22(21)30-26(25)33/h2-14H,15H2,1H3,(H,29,31)(H,30,33). The summed E-state index contributed by atoms with van der Waals surface area (Å²) in [5.74, 6) is 0.537. The van der Waals surface area contributed by atoms with Crippen molar-refractivity contribution in [3.63, 3.8) is 0 Å². The average molecular weight is 518 g/mol. The smallest absolute Gasteiger partial charge is 0.272 e. The number of thioether (sulfide) groups is 1. The van der Waals surface area contributed by atoms with E-state index in [1.54, 1.807) is 30.0 Å². The van der Waals surface area contributed by atoms with E-state index in [4.69, 9.17) is 11.6 Å². The van der Waals surface area contributed by atoms with Gasteiger partial charge in [0.2, 0.25) is 4.74 Å². The number of hydrogen-bond donors (Lipinski definition) is 2. The number of fused-ring (bicyclic) bond motifs is 1. The van der Waals surface area contributed by atoms with E-state index >= 15 is 0 Å². The van der Waals surface area contributed by atoms with Crippen LogP contribution >= 0.6 is 34.7 Å². The van der Waals surface area contributed by atoms with Crippen molar-refractivity contribution in [3.05, 3.63) is 115 Å². The number of anilines is 2. The van der Waals surface area contributed by atoms with Crippen LogP contribution in [0.3, 0.4) is 0 Å². The van der Waals surface area contributed by atoms with E-state index < -0.39 is 0 Å². The van der Waals surface area contributed by atoms with Crippen LogP contribution in [0.2, 0.25) is 5.02 Å². The SMILES string of the molecule is Cc1ccc(SCc2cc(=O)sc(Nc3c(-c4ccccc4)c4cc(Cl)ccc4[nH]c3=O)n2)cc1. The Morgan fingerprint density at radius 1 is 1.00 bits per heavy atom. The summed E-state index contributed by atoms with van der Waals surface area (Å²) in [7, 11) is 0. The van der Waals surface area contributed by atoms with Crippen molar-refractivity contribution in [2.45, 2.75) is 17.6 Å². The average Bonchev–Trinajstić information content (AvgIpc) is 2.85. The van der Waals surface area contributed by atoms with Gasteiger partial charge in [0, 0.05) is 38.2 Å². The van der Waals surface area contributed by atoms with Gasteiger partial charge in [-0.15, -0.1) is 11.8 Å². The Morgan fingerprint density at radius 2 is 1.77 bits per heavy atom. The molecule has 5 nitrogen and oxygen atoms in total. The highest BCUT2D eigenvalue weighted by molar-refractivity contribution is 7.98. The van der Waals surface area contributed by atoms with Crippen LogP contribution in [0.15, 0.2) is 93.3 Å². The zero-order valence-electron chi connectivity index (χ0n) is 18.7. The van der Waals surface area contributed by atoms with Gasteiger partial charge >= 0.3 is 0 Å². The maximum atomic E-state index is 13.2. The number of nitrogens with zero attached hydrogens (tertiary/aromatic N) is 1. The molecule has 0 aliphatic heterocycles. The molecular formula is C27H20ClN3O2S2. The third kappa shape index (κ3) is 5.32. The van der Waals surface area contributed by atoms with Crippen molar-refractivity contribution < 1.29 is 0 Å². The van der Waals surface area contributed by atoms with Crippen molar-refractivity contribution >= 4 is 56.4 Å². The monoisotopic (exact) mass is 517 g/mol. The lowest BCUT2D eigenvalue weighted by atomic mass is 9.99. The molecule has 0 bridgehead atoms. The lowest BCUT2D eigenvalue weighted by Crippen LogP contribution is -2.14. The summed E-state index contributed by atoms with van der Waals surface area (Å²) < 4.78 is -0.136.